The maximum Gasteiger partial charge on any atom is 0.262 e. The second-order valence-corrected chi connectivity index (χ2v) is 5.33. The lowest BCUT2D eigenvalue weighted by Crippen LogP contribution is -2.29. The van der Waals surface area contributed by atoms with E-state index in [1.807, 2.05) is 0 Å². The molecule has 0 aliphatic rings. The molecule has 0 radical (unpaired) electrons. The average molecular weight is 323 g/mol. The van der Waals surface area contributed by atoms with Gasteiger partial charge in [0, 0.05) is 5.33 Å². The molecule has 0 bridgehead atoms. The molecule has 0 aliphatic heterocycles. The molecule has 0 fully saturated rings. The highest BCUT2D eigenvalue weighted by Crippen LogP contribution is 2.12. The first kappa shape index (κ1) is 14.1. The van der Waals surface area contributed by atoms with Crippen molar-refractivity contribution in [2.45, 2.75) is 10.2 Å². The Morgan fingerprint density at radius 2 is 1.94 bits per heavy atom. The van der Waals surface area contributed by atoms with Crippen LogP contribution < -0.4 is 10.6 Å². The Kier molecular flexibility index (Phi) is 5.06. The molecule has 3 N–H and O–H groups in total. The Bertz CT molecular complexity index is 486. The van der Waals surface area contributed by atoms with E-state index in [-0.39, 0.29) is 4.90 Å². The zero-order valence-electron chi connectivity index (χ0n) is 8.72. The lowest BCUT2D eigenvalue weighted by molar-refractivity contribution is -0.123. The van der Waals surface area contributed by atoms with Crippen molar-refractivity contribution in [1.29, 1.82) is 0 Å². The normalized spacial score (nSPS) is 11.4. The summed E-state index contributed by atoms with van der Waals surface area (Å²) in [5.74, 6) is -0.762. The number of rotatable bonds is 6. The number of halogens is 1. The Balaban J connectivity index is 2.72. The van der Waals surface area contributed by atoms with Crippen LogP contribution in [0.4, 0.5) is 0 Å². The number of nitrogens with one attached hydrogen (secondary N) is 1. The monoisotopic (exact) mass is 322 g/mol. The van der Waals surface area contributed by atoms with Crippen molar-refractivity contribution in [3.8, 4) is 0 Å². The lowest BCUT2D eigenvalue weighted by atomic mass is 10.2. The maximum atomic E-state index is 11.6. The minimum atomic E-state index is -3.78. The molecule has 94 valence electrons. The van der Waals surface area contributed by atoms with Crippen LogP contribution in [-0.2, 0) is 25.0 Å². The smallest absolute Gasteiger partial charge is 0.262 e. The van der Waals surface area contributed by atoms with E-state index in [0.29, 0.717) is 5.33 Å². The SMILES string of the molecule is NC(=O)CONS(=O)(=O)c1ccc(CBr)cc1. The van der Waals surface area contributed by atoms with Crippen molar-refractivity contribution in [1.82, 2.24) is 4.89 Å². The molecule has 0 spiro atoms. The third kappa shape index (κ3) is 4.43. The fraction of sp³-hybridized carbons (Fsp3) is 0.222. The van der Waals surface area contributed by atoms with E-state index in [4.69, 9.17) is 5.73 Å². The van der Waals surface area contributed by atoms with Crippen LogP contribution in [0.5, 0.6) is 0 Å². The second kappa shape index (κ2) is 6.10. The molecule has 1 amide bonds. The molecule has 1 rings (SSSR count). The van der Waals surface area contributed by atoms with E-state index in [9.17, 15) is 13.2 Å². The lowest BCUT2D eigenvalue weighted by Gasteiger charge is -2.06. The van der Waals surface area contributed by atoms with Crippen LogP contribution in [0.1, 0.15) is 5.56 Å². The Labute approximate surface area is 107 Å². The van der Waals surface area contributed by atoms with Crippen LogP contribution in [-0.4, -0.2) is 20.9 Å². The van der Waals surface area contributed by atoms with E-state index in [2.05, 4.69) is 20.8 Å². The molecule has 0 atom stereocenters. The summed E-state index contributed by atoms with van der Waals surface area (Å²) < 4.78 is 23.2. The van der Waals surface area contributed by atoms with Gasteiger partial charge in [-0.15, -0.1) is 0 Å². The summed E-state index contributed by atoms with van der Waals surface area (Å²) in [6.07, 6.45) is 0. The molecule has 1 aromatic rings. The molecule has 6 nitrogen and oxygen atoms in total. The molecule has 0 aromatic heterocycles. The highest BCUT2D eigenvalue weighted by Gasteiger charge is 2.14. The minimum absolute atomic E-state index is 0.0478. The summed E-state index contributed by atoms with van der Waals surface area (Å²) in [6.45, 7) is -0.515. The predicted octanol–water partition coefficient (Wildman–Crippen LogP) is 0.277. The molecule has 0 unspecified atom stereocenters. The standard InChI is InChI=1S/C9H11BrN2O4S/c10-5-7-1-3-8(4-2-7)17(14,15)12-16-6-9(11)13/h1-4,12H,5-6H2,(H2,11,13). The topological polar surface area (TPSA) is 98.5 Å². The zero-order chi connectivity index (χ0) is 12.9. The molecular formula is C9H11BrN2O4S. The first-order valence-electron chi connectivity index (χ1n) is 4.52. The predicted molar refractivity (Wildman–Crippen MR) is 64.5 cm³/mol. The van der Waals surface area contributed by atoms with E-state index >= 15 is 0 Å². The number of hydrogen-bond acceptors (Lipinski definition) is 4. The van der Waals surface area contributed by atoms with Gasteiger partial charge in [-0.05, 0) is 17.7 Å². The van der Waals surface area contributed by atoms with E-state index in [1.165, 1.54) is 12.1 Å². The average Bonchev–Trinajstić information content (AvgIpc) is 2.28. The number of nitrogens with two attached hydrogens (primary N) is 1. The third-order valence-corrected chi connectivity index (χ3v) is 3.65. The molecule has 0 saturated heterocycles. The number of sulfonamides is 1. The van der Waals surface area contributed by atoms with Gasteiger partial charge in [-0.3, -0.25) is 9.63 Å². The summed E-state index contributed by atoms with van der Waals surface area (Å²) in [5.41, 5.74) is 5.74. The van der Waals surface area contributed by atoms with Gasteiger partial charge in [0.15, 0.2) is 0 Å². The summed E-state index contributed by atoms with van der Waals surface area (Å²) in [6, 6.07) is 6.20. The summed E-state index contributed by atoms with van der Waals surface area (Å²) in [4.78, 5) is 16.7. The van der Waals surface area contributed by atoms with Gasteiger partial charge in [0.25, 0.3) is 10.0 Å². The van der Waals surface area contributed by atoms with Crippen LogP contribution >= 0.6 is 15.9 Å². The van der Waals surface area contributed by atoms with E-state index in [1.54, 1.807) is 17.0 Å². The van der Waals surface area contributed by atoms with Crippen molar-refractivity contribution in [3.05, 3.63) is 29.8 Å². The first-order chi connectivity index (χ1) is 7.95. The number of primary amides is 1. The molecule has 8 heteroatoms. The van der Waals surface area contributed by atoms with Crippen molar-refractivity contribution in [2.24, 2.45) is 5.73 Å². The van der Waals surface area contributed by atoms with Crippen molar-refractivity contribution in [3.63, 3.8) is 0 Å². The first-order valence-corrected chi connectivity index (χ1v) is 7.13. The summed E-state index contributed by atoms with van der Waals surface area (Å²) in [5, 5.41) is 0.638. The largest absolute Gasteiger partial charge is 0.368 e. The molecule has 1 aromatic carbocycles. The van der Waals surface area contributed by atoms with Gasteiger partial charge in [-0.25, -0.2) is 8.42 Å². The summed E-state index contributed by atoms with van der Waals surface area (Å²) >= 11 is 3.25. The van der Waals surface area contributed by atoms with E-state index in [0.717, 1.165) is 5.56 Å². The highest BCUT2D eigenvalue weighted by atomic mass is 79.9. The van der Waals surface area contributed by atoms with Gasteiger partial charge in [-0.1, -0.05) is 32.9 Å². The Morgan fingerprint density at radius 3 is 2.41 bits per heavy atom. The zero-order valence-corrected chi connectivity index (χ0v) is 11.1. The molecule has 0 saturated carbocycles. The van der Waals surface area contributed by atoms with E-state index < -0.39 is 22.5 Å². The summed E-state index contributed by atoms with van der Waals surface area (Å²) in [7, 11) is -3.78. The number of amides is 1. The van der Waals surface area contributed by atoms with Crippen LogP contribution in [0.25, 0.3) is 0 Å². The Morgan fingerprint density at radius 1 is 1.35 bits per heavy atom. The van der Waals surface area contributed by atoms with Gasteiger partial charge < -0.3 is 5.73 Å². The number of carbonyl (C=O) groups excluding carboxylic acids is 1. The van der Waals surface area contributed by atoms with Crippen LogP contribution in [0, 0.1) is 0 Å². The second-order valence-electron chi connectivity index (χ2n) is 3.12. The fourth-order valence-electron chi connectivity index (χ4n) is 0.984. The van der Waals surface area contributed by atoms with Crippen molar-refractivity contribution in [2.75, 3.05) is 6.61 Å². The number of alkyl halides is 1. The van der Waals surface area contributed by atoms with Gasteiger partial charge in [0.2, 0.25) is 5.91 Å². The molecule has 17 heavy (non-hydrogen) atoms. The van der Waals surface area contributed by atoms with Gasteiger partial charge in [0.05, 0.1) is 4.90 Å². The Hall–Kier alpha value is -0.960. The van der Waals surface area contributed by atoms with Crippen LogP contribution in [0.2, 0.25) is 0 Å². The number of hydrogen-bond donors (Lipinski definition) is 2. The number of benzene rings is 1. The quantitative estimate of drug-likeness (QED) is 0.580. The fourth-order valence-corrected chi connectivity index (χ4v) is 2.16. The van der Waals surface area contributed by atoms with Gasteiger partial charge in [-0.2, -0.15) is 0 Å². The van der Waals surface area contributed by atoms with Gasteiger partial charge >= 0.3 is 0 Å². The molecule has 0 aliphatic carbocycles. The van der Waals surface area contributed by atoms with Crippen molar-refractivity contribution >= 4 is 31.9 Å². The van der Waals surface area contributed by atoms with Crippen LogP contribution in [0.3, 0.4) is 0 Å². The minimum Gasteiger partial charge on any atom is -0.368 e. The highest BCUT2D eigenvalue weighted by molar-refractivity contribution is 9.08. The van der Waals surface area contributed by atoms with Crippen molar-refractivity contribution < 1.29 is 18.0 Å². The maximum absolute atomic E-state index is 11.6. The van der Waals surface area contributed by atoms with Crippen LogP contribution in [0.15, 0.2) is 29.2 Å². The number of carbonyl (C=O) groups is 1. The third-order valence-electron chi connectivity index (χ3n) is 1.77. The van der Waals surface area contributed by atoms with Gasteiger partial charge in [0.1, 0.15) is 6.61 Å². The molecular weight excluding hydrogens is 312 g/mol. The molecule has 0 heterocycles.